The van der Waals surface area contributed by atoms with Crippen molar-refractivity contribution in [2.45, 2.75) is 39.2 Å². The third-order valence-corrected chi connectivity index (χ3v) is 4.14. The van der Waals surface area contributed by atoms with Gasteiger partial charge in [-0.1, -0.05) is 51.1 Å². The van der Waals surface area contributed by atoms with Gasteiger partial charge in [0, 0.05) is 6.54 Å². The molecule has 0 saturated carbocycles. The Morgan fingerprint density at radius 1 is 1.05 bits per heavy atom. The summed E-state index contributed by atoms with van der Waals surface area (Å²) in [5, 5.41) is 11.2. The van der Waals surface area contributed by atoms with E-state index in [1.54, 1.807) is 0 Å². The summed E-state index contributed by atoms with van der Waals surface area (Å²) in [6, 6.07) is 10.1. The minimum Gasteiger partial charge on any atom is -0.383 e. The van der Waals surface area contributed by atoms with Crippen molar-refractivity contribution in [2.75, 3.05) is 19.6 Å². The fourth-order valence-electron chi connectivity index (χ4n) is 2.74. The van der Waals surface area contributed by atoms with Gasteiger partial charge in [-0.05, 0) is 36.9 Å². The SMILES string of the molecule is CC(C)(C)C(O)(CN1CCCC1)c1ccccc1.Cl. The normalized spacial score (nSPS) is 19.8. The van der Waals surface area contributed by atoms with Crippen LogP contribution in [0.2, 0.25) is 0 Å². The Labute approximate surface area is 123 Å². The lowest BCUT2D eigenvalue weighted by atomic mass is 9.72. The van der Waals surface area contributed by atoms with Crippen LogP contribution in [-0.2, 0) is 5.60 Å². The largest absolute Gasteiger partial charge is 0.383 e. The Hall–Kier alpha value is -0.570. The average molecular weight is 284 g/mol. The first kappa shape index (κ1) is 16.5. The molecule has 1 unspecified atom stereocenters. The standard InChI is InChI=1S/C16H25NO.ClH/c1-15(2,3)16(18,13-17-11-7-8-12-17)14-9-5-4-6-10-14;/h4-6,9-10,18H,7-8,11-13H2,1-3H3;1H. The van der Waals surface area contributed by atoms with Crippen LogP contribution in [0.4, 0.5) is 0 Å². The van der Waals surface area contributed by atoms with Gasteiger partial charge in [-0.3, -0.25) is 0 Å². The van der Waals surface area contributed by atoms with Gasteiger partial charge in [0.2, 0.25) is 0 Å². The van der Waals surface area contributed by atoms with Gasteiger partial charge in [-0.15, -0.1) is 12.4 Å². The lowest BCUT2D eigenvalue weighted by Gasteiger charge is -2.43. The molecule has 0 spiro atoms. The molecule has 0 radical (unpaired) electrons. The molecular formula is C16H26ClNO. The van der Waals surface area contributed by atoms with Crippen molar-refractivity contribution in [1.29, 1.82) is 0 Å². The fourth-order valence-corrected chi connectivity index (χ4v) is 2.74. The molecule has 1 aliphatic heterocycles. The summed E-state index contributed by atoms with van der Waals surface area (Å²) in [5.41, 5.74) is 0.0830. The number of β-amino-alcohol motifs (C(OH)–C–C–N with tert-alkyl or cyclic N) is 1. The number of hydrogen-bond donors (Lipinski definition) is 1. The van der Waals surface area contributed by atoms with Crippen LogP contribution in [0.15, 0.2) is 30.3 Å². The van der Waals surface area contributed by atoms with E-state index < -0.39 is 5.60 Å². The summed E-state index contributed by atoms with van der Waals surface area (Å²) >= 11 is 0. The maximum Gasteiger partial charge on any atom is 0.107 e. The fraction of sp³-hybridized carbons (Fsp3) is 0.625. The summed E-state index contributed by atoms with van der Waals surface area (Å²) in [6.07, 6.45) is 2.52. The number of benzene rings is 1. The van der Waals surface area contributed by atoms with Gasteiger partial charge in [0.15, 0.2) is 0 Å². The van der Waals surface area contributed by atoms with Crippen LogP contribution in [0.25, 0.3) is 0 Å². The first-order valence-electron chi connectivity index (χ1n) is 6.94. The average Bonchev–Trinajstić information content (AvgIpc) is 2.81. The molecule has 0 bridgehead atoms. The van der Waals surface area contributed by atoms with E-state index in [0.717, 1.165) is 25.2 Å². The highest BCUT2D eigenvalue weighted by atomic mass is 35.5. The van der Waals surface area contributed by atoms with E-state index in [1.807, 2.05) is 30.3 Å². The molecule has 108 valence electrons. The summed E-state index contributed by atoms with van der Waals surface area (Å²) in [7, 11) is 0. The molecule has 1 N–H and O–H groups in total. The topological polar surface area (TPSA) is 23.5 Å². The highest BCUT2D eigenvalue weighted by molar-refractivity contribution is 5.85. The molecule has 1 aliphatic rings. The molecule has 0 aromatic heterocycles. The van der Waals surface area contributed by atoms with E-state index in [9.17, 15) is 5.11 Å². The zero-order valence-corrected chi connectivity index (χ0v) is 13.0. The molecular weight excluding hydrogens is 258 g/mol. The summed E-state index contributed by atoms with van der Waals surface area (Å²) in [4.78, 5) is 2.39. The highest BCUT2D eigenvalue weighted by Gasteiger charge is 2.43. The number of likely N-dealkylation sites (tertiary alicyclic amines) is 1. The van der Waals surface area contributed by atoms with Crippen LogP contribution in [0, 0.1) is 5.41 Å². The Morgan fingerprint density at radius 3 is 2.05 bits per heavy atom. The zero-order chi connectivity index (χ0) is 13.2. The van der Waals surface area contributed by atoms with Crippen molar-refractivity contribution in [2.24, 2.45) is 5.41 Å². The molecule has 1 saturated heterocycles. The van der Waals surface area contributed by atoms with Crippen LogP contribution in [-0.4, -0.2) is 29.6 Å². The third kappa shape index (κ3) is 3.50. The quantitative estimate of drug-likeness (QED) is 0.919. The molecule has 0 amide bonds. The van der Waals surface area contributed by atoms with E-state index in [2.05, 4.69) is 25.7 Å². The van der Waals surface area contributed by atoms with E-state index in [-0.39, 0.29) is 17.8 Å². The van der Waals surface area contributed by atoms with Crippen molar-refractivity contribution >= 4 is 12.4 Å². The molecule has 19 heavy (non-hydrogen) atoms. The molecule has 3 heteroatoms. The minimum atomic E-state index is -0.779. The lowest BCUT2D eigenvalue weighted by molar-refractivity contribution is -0.0837. The Kier molecular flexibility index (Phi) is 5.43. The molecule has 1 fully saturated rings. The van der Waals surface area contributed by atoms with Crippen molar-refractivity contribution < 1.29 is 5.11 Å². The van der Waals surface area contributed by atoms with Crippen molar-refractivity contribution in [1.82, 2.24) is 4.90 Å². The molecule has 1 atom stereocenters. The number of aliphatic hydroxyl groups is 1. The molecule has 1 aromatic rings. The summed E-state index contributed by atoms with van der Waals surface area (Å²) < 4.78 is 0. The lowest BCUT2D eigenvalue weighted by Crippen LogP contribution is -2.48. The van der Waals surface area contributed by atoms with Gasteiger partial charge < -0.3 is 10.0 Å². The summed E-state index contributed by atoms with van der Waals surface area (Å²) in [6.45, 7) is 9.33. The van der Waals surface area contributed by atoms with Crippen molar-refractivity contribution in [3.05, 3.63) is 35.9 Å². The van der Waals surface area contributed by atoms with Gasteiger partial charge in [0.05, 0.1) is 0 Å². The number of rotatable bonds is 3. The Balaban J connectivity index is 0.00000180. The van der Waals surface area contributed by atoms with Crippen molar-refractivity contribution in [3.63, 3.8) is 0 Å². The van der Waals surface area contributed by atoms with Gasteiger partial charge in [0.25, 0.3) is 0 Å². The van der Waals surface area contributed by atoms with Gasteiger partial charge in [-0.25, -0.2) is 0 Å². The van der Waals surface area contributed by atoms with Crippen LogP contribution >= 0.6 is 12.4 Å². The van der Waals surface area contributed by atoms with E-state index in [1.165, 1.54) is 12.8 Å². The maximum atomic E-state index is 11.2. The first-order chi connectivity index (χ1) is 8.43. The smallest absolute Gasteiger partial charge is 0.107 e. The van der Waals surface area contributed by atoms with E-state index in [4.69, 9.17) is 0 Å². The molecule has 0 aliphatic carbocycles. The predicted octanol–water partition coefficient (Wildman–Crippen LogP) is 3.44. The van der Waals surface area contributed by atoms with Crippen LogP contribution < -0.4 is 0 Å². The van der Waals surface area contributed by atoms with Gasteiger partial charge in [0.1, 0.15) is 5.60 Å². The van der Waals surface area contributed by atoms with Crippen LogP contribution in [0.1, 0.15) is 39.2 Å². The zero-order valence-electron chi connectivity index (χ0n) is 12.2. The van der Waals surface area contributed by atoms with Crippen LogP contribution in [0.5, 0.6) is 0 Å². The maximum absolute atomic E-state index is 11.2. The van der Waals surface area contributed by atoms with Crippen LogP contribution in [0.3, 0.4) is 0 Å². The first-order valence-corrected chi connectivity index (χ1v) is 6.94. The van der Waals surface area contributed by atoms with E-state index >= 15 is 0 Å². The second kappa shape index (κ2) is 6.25. The molecule has 2 rings (SSSR count). The monoisotopic (exact) mass is 283 g/mol. The van der Waals surface area contributed by atoms with Gasteiger partial charge >= 0.3 is 0 Å². The second-order valence-electron chi connectivity index (χ2n) is 6.46. The summed E-state index contributed by atoms with van der Waals surface area (Å²) in [5.74, 6) is 0. The third-order valence-electron chi connectivity index (χ3n) is 4.14. The van der Waals surface area contributed by atoms with Gasteiger partial charge in [-0.2, -0.15) is 0 Å². The molecule has 1 aromatic carbocycles. The second-order valence-corrected chi connectivity index (χ2v) is 6.46. The highest BCUT2D eigenvalue weighted by Crippen LogP contribution is 2.40. The van der Waals surface area contributed by atoms with Crippen molar-refractivity contribution in [3.8, 4) is 0 Å². The number of hydrogen-bond acceptors (Lipinski definition) is 2. The molecule has 2 nitrogen and oxygen atoms in total. The minimum absolute atomic E-state index is 0. The van der Waals surface area contributed by atoms with E-state index in [0.29, 0.717) is 0 Å². The number of halogens is 1. The predicted molar refractivity (Wildman–Crippen MR) is 82.7 cm³/mol. The Morgan fingerprint density at radius 2 is 1.58 bits per heavy atom. The number of nitrogens with zero attached hydrogens (tertiary/aromatic N) is 1. The molecule has 1 heterocycles. The Bertz CT molecular complexity index is 381.